The summed E-state index contributed by atoms with van der Waals surface area (Å²) in [6.45, 7) is 8.24. The van der Waals surface area contributed by atoms with Crippen LogP contribution in [-0.2, 0) is 0 Å². The van der Waals surface area contributed by atoms with Gasteiger partial charge in [-0.1, -0.05) is 38.1 Å². The summed E-state index contributed by atoms with van der Waals surface area (Å²) in [6, 6.07) is 6.34. The molecular formula is C20H29ClFN5O. The van der Waals surface area contributed by atoms with Crippen molar-refractivity contribution in [3.05, 3.63) is 47.5 Å². The monoisotopic (exact) mass is 409 g/mol. The first kappa shape index (κ1) is 22.3. The van der Waals surface area contributed by atoms with Gasteiger partial charge in [-0.3, -0.25) is 4.79 Å². The highest BCUT2D eigenvalue weighted by atomic mass is 35.5. The van der Waals surface area contributed by atoms with Crippen molar-refractivity contribution in [3.63, 3.8) is 0 Å². The highest BCUT2D eigenvalue weighted by Gasteiger charge is 2.24. The van der Waals surface area contributed by atoms with Crippen LogP contribution in [0.15, 0.2) is 30.5 Å². The van der Waals surface area contributed by atoms with Crippen LogP contribution < -0.4 is 10.6 Å². The van der Waals surface area contributed by atoms with Crippen molar-refractivity contribution in [3.8, 4) is 0 Å². The third-order valence-electron chi connectivity index (χ3n) is 4.82. The molecule has 1 aliphatic heterocycles. The maximum atomic E-state index is 13.3. The van der Waals surface area contributed by atoms with Crippen LogP contribution >= 0.6 is 12.4 Å². The summed E-state index contributed by atoms with van der Waals surface area (Å²) < 4.78 is 15.1. The maximum absolute atomic E-state index is 13.3. The number of hydrogen-bond donors (Lipinski definition) is 2. The minimum absolute atomic E-state index is 0. The molecule has 0 aliphatic carbocycles. The van der Waals surface area contributed by atoms with Crippen LogP contribution in [0.5, 0.6) is 0 Å². The molecule has 2 aromatic rings. The first-order valence-corrected chi connectivity index (χ1v) is 9.51. The molecule has 1 saturated heterocycles. The third-order valence-corrected chi connectivity index (χ3v) is 4.82. The molecule has 0 bridgehead atoms. The Hall–Kier alpha value is -1.99. The van der Waals surface area contributed by atoms with Gasteiger partial charge < -0.3 is 10.6 Å². The molecule has 0 saturated carbocycles. The predicted molar refractivity (Wildman–Crippen MR) is 109 cm³/mol. The van der Waals surface area contributed by atoms with Crippen molar-refractivity contribution >= 4 is 18.3 Å². The fraction of sp³-hybridized carbons (Fsp3) is 0.550. The highest BCUT2D eigenvalue weighted by molar-refractivity contribution is 5.92. The van der Waals surface area contributed by atoms with E-state index in [2.05, 4.69) is 41.7 Å². The smallest absolute Gasteiger partial charge is 0.273 e. The summed E-state index contributed by atoms with van der Waals surface area (Å²) in [5.74, 6) is -0.543. The molecular weight excluding hydrogens is 381 g/mol. The molecule has 1 aliphatic rings. The molecule has 1 atom stereocenters. The van der Waals surface area contributed by atoms with Gasteiger partial charge in [-0.15, -0.1) is 17.5 Å². The van der Waals surface area contributed by atoms with Gasteiger partial charge in [0.25, 0.3) is 5.91 Å². The summed E-state index contributed by atoms with van der Waals surface area (Å²) in [7, 11) is 0. The Morgan fingerprint density at radius 1 is 1.29 bits per heavy atom. The highest BCUT2D eigenvalue weighted by Crippen LogP contribution is 2.30. The molecule has 1 unspecified atom stereocenters. The van der Waals surface area contributed by atoms with Crippen molar-refractivity contribution in [2.75, 3.05) is 13.1 Å². The van der Waals surface area contributed by atoms with Crippen LogP contribution in [-0.4, -0.2) is 34.0 Å². The Kier molecular flexibility index (Phi) is 7.55. The average molecular weight is 410 g/mol. The van der Waals surface area contributed by atoms with Crippen molar-refractivity contribution in [1.29, 1.82) is 0 Å². The number of hydrogen-bond acceptors (Lipinski definition) is 4. The van der Waals surface area contributed by atoms with Gasteiger partial charge in [0.05, 0.1) is 18.3 Å². The predicted octanol–water partition coefficient (Wildman–Crippen LogP) is 3.67. The van der Waals surface area contributed by atoms with E-state index in [4.69, 9.17) is 0 Å². The standard InChI is InChI=1S/C20H28FN5O.ClH/c1-20(2,3)12-17(14-4-6-15(21)7-5-14)23-19(27)18-13-26(25-24-18)16-8-10-22-11-9-16;/h4-7,13,16-17,22H,8-12H2,1-3H3,(H,23,27);1H. The van der Waals surface area contributed by atoms with E-state index in [0.717, 1.165) is 37.9 Å². The van der Waals surface area contributed by atoms with E-state index in [-0.39, 0.29) is 41.6 Å². The minimum Gasteiger partial charge on any atom is -0.344 e. The molecule has 2 N–H and O–H groups in total. The van der Waals surface area contributed by atoms with Crippen molar-refractivity contribution < 1.29 is 9.18 Å². The molecule has 8 heteroatoms. The van der Waals surface area contributed by atoms with Crippen LogP contribution in [0.1, 0.15) is 68.2 Å². The first-order chi connectivity index (χ1) is 12.8. The SMILES string of the molecule is CC(C)(C)CC(NC(=O)c1cn(C2CCNCC2)nn1)c1ccc(F)cc1.Cl. The van der Waals surface area contributed by atoms with Crippen LogP contribution in [0, 0.1) is 11.2 Å². The van der Waals surface area contributed by atoms with E-state index in [0.29, 0.717) is 5.69 Å². The quantitative estimate of drug-likeness (QED) is 0.790. The van der Waals surface area contributed by atoms with Crippen LogP contribution in [0.3, 0.4) is 0 Å². The minimum atomic E-state index is -0.288. The van der Waals surface area contributed by atoms with Gasteiger partial charge in [0, 0.05) is 0 Å². The second-order valence-corrected chi connectivity index (χ2v) is 8.41. The second-order valence-electron chi connectivity index (χ2n) is 8.41. The van der Waals surface area contributed by atoms with Crippen LogP contribution in [0.2, 0.25) is 0 Å². The van der Waals surface area contributed by atoms with Gasteiger partial charge >= 0.3 is 0 Å². The fourth-order valence-corrected chi connectivity index (χ4v) is 3.42. The summed E-state index contributed by atoms with van der Waals surface area (Å²) in [5.41, 5.74) is 1.19. The largest absolute Gasteiger partial charge is 0.344 e. The topological polar surface area (TPSA) is 71.8 Å². The number of aromatic nitrogens is 3. The number of amides is 1. The lowest BCUT2D eigenvalue weighted by molar-refractivity contribution is 0.0921. The van der Waals surface area contributed by atoms with Gasteiger partial charge in [-0.05, 0) is 55.5 Å². The normalized spacial score (nSPS) is 16.3. The van der Waals surface area contributed by atoms with Gasteiger partial charge in [0.1, 0.15) is 5.82 Å². The number of benzene rings is 1. The second kappa shape index (κ2) is 9.47. The van der Waals surface area contributed by atoms with E-state index in [9.17, 15) is 9.18 Å². The number of rotatable bonds is 5. The van der Waals surface area contributed by atoms with Crippen molar-refractivity contribution in [2.45, 2.75) is 52.1 Å². The van der Waals surface area contributed by atoms with E-state index in [1.807, 2.05) is 0 Å². The molecule has 1 aromatic heterocycles. The molecule has 2 heterocycles. The Bertz CT molecular complexity index is 766. The molecule has 6 nitrogen and oxygen atoms in total. The number of piperidine rings is 1. The van der Waals surface area contributed by atoms with E-state index in [1.54, 1.807) is 23.0 Å². The summed E-state index contributed by atoms with van der Waals surface area (Å²) in [6.07, 6.45) is 4.41. The van der Waals surface area contributed by atoms with Crippen molar-refractivity contribution in [1.82, 2.24) is 25.6 Å². The Balaban J connectivity index is 0.00000280. The number of carbonyl (C=O) groups excluding carboxylic acids is 1. The third kappa shape index (κ3) is 6.01. The zero-order valence-corrected chi connectivity index (χ0v) is 17.4. The molecule has 28 heavy (non-hydrogen) atoms. The molecule has 1 fully saturated rings. The number of nitrogens with zero attached hydrogens (tertiary/aromatic N) is 3. The zero-order chi connectivity index (χ0) is 19.4. The molecule has 1 aromatic carbocycles. The van der Waals surface area contributed by atoms with Gasteiger partial charge in [0.2, 0.25) is 0 Å². The lowest BCUT2D eigenvalue weighted by Gasteiger charge is -2.27. The Labute approximate surface area is 171 Å². The summed E-state index contributed by atoms with van der Waals surface area (Å²) >= 11 is 0. The Morgan fingerprint density at radius 2 is 1.93 bits per heavy atom. The molecule has 1 amide bonds. The van der Waals surface area contributed by atoms with Gasteiger partial charge in [-0.2, -0.15) is 0 Å². The number of nitrogens with one attached hydrogen (secondary N) is 2. The number of halogens is 2. The lowest BCUT2D eigenvalue weighted by atomic mass is 9.85. The molecule has 0 spiro atoms. The average Bonchev–Trinajstić information content (AvgIpc) is 3.12. The van der Waals surface area contributed by atoms with Crippen LogP contribution in [0.25, 0.3) is 0 Å². The fourth-order valence-electron chi connectivity index (χ4n) is 3.42. The summed E-state index contributed by atoms with van der Waals surface area (Å²) in [4.78, 5) is 12.8. The van der Waals surface area contributed by atoms with Crippen LogP contribution in [0.4, 0.5) is 4.39 Å². The molecule has 0 radical (unpaired) electrons. The van der Waals surface area contributed by atoms with E-state index >= 15 is 0 Å². The summed E-state index contributed by atoms with van der Waals surface area (Å²) in [5, 5.41) is 14.6. The van der Waals surface area contributed by atoms with E-state index in [1.165, 1.54) is 12.1 Å². The van der Waals surface area contributed by atoms with Gasteiger partial charge in [-0.25, -0.2) is 9.07 Å². The number of carbonyl (C=O) groups is 1. The van der Waals surface area contributed by atoms with Crippen molar-refractivity contribution in [2.24, 2.45) is 5.41 Å². The molecule has 3 rings (SSSR count). The molecule has 154 valence electrons. The first-order valence-electron chi connectivity index (χ1n) is 9.51. The van der Waals surface area contributed by atoms with Gasteiger partial charge in [0.15, 0.2) is 5.69 Å². The maximum Gasteiger partial charge on any atom is 0.273 e. The zero-order valence-electron chi connectivity index (χ0n) is 16.6. The Morgan fingerprint density at radius 3 is 2.54 bits per heavy atom. The lowest BCUT2D eigenvalue weighted by Crippen LogP contribution is -2.31. The van der Waals surface area contributed by atoms with E-state index < -0.39 is 0 Å².